The van der Waals surface area contributed by atoms with Crippen LogP contribution >= 0.6 is 15.9 Å². The smallest absolute Gasteiger partial charge is 0.0700 e. The lowest BCUT2D eigenvalue weighted by atomic mass is 9.82. The second-order valence-corrected chi connectivity index (χ2v) is 5.36. The van der Waals surface area contributed by atoms with Crippen molar-refractivity contribution in [2.45, 2.75) is 52.9 Å². The van der Waals surface area contributed by atoms with Gasteiger partial charge in [-0.05, 0) is 19.3 Å². The lowest BCUT2D eigenvalue weighted by molar-refractivity contribution is 0.00599. The van der Waals surface area contributed by atoms with E-state index >= 15 is 0 Å². The Morgan fingerprint density at radius 1 is 0.824 bits per heavy atom. The molecule has 0 aliphatic heterocycles. The summed E-state index contributed by atoms with van der Waals surface area (Å²) in [6.07, 6.45) is 6.00. The third kappa shape index (κ3) is 8.17. The van der Waals surface area contributed by atoms with Crippen LogP contribution in [0.3, 0.4) is 0 Å². The fourth-order valence-corrected chi connectivity index (χ4v) is 2.88. The monoisotopic (exact) mass is 308 g/mol. The van der Waals surface area contributed by atoms with Crippen LogP contribution in [0.15, 0.2) is 0 Å². The highest BCUT2D eigenvalue weighted by Gasteiger charge is 2.27. The zero-order valence-electron chi connectivity index (χ0n) is 11.8. The Kier molecular flexibility index (Phi) is 11.8. The summed E-state index contributed by atoms with van der Waals surface area (Å²) in [6.45, 7) is 9.77. The Morgan fingerprint density at radius 3 is 1.88 bits per heavy atom. The predicted octanol–water partition coefficient (Wildman–Crippen LogP) is 4.41. The molecule has 0 amide bonds. The summed E-state index contributed by atoms with van der Waals surface area (Å²) < 4.78 is 11.2. The third-order valence-electron chi connectivity index (χ3n) is 2.97. The van der Waals surface area contributed by atoms with E-state index in [1.165, 1.54) is 25.7 Å². The van der Waals surface area contributed by atoms with Crippen LogP contribution in [-0.2, 0) is 9.47 Å². The molecule has 0 fully saturated rings. The number of rotatable bonds is 12. The fraction of sp³-hybridized carbons (Fsp3) is 1.00. The highest BCUT2D eigenvalue weighted by atomic mass is 79.9. The second-order valence-electron chi connectivity index (χ2n) is 4.80. The zero-order valence-corrected chi connectivity index (χ0v) is 13.4. The average molecular weight is 309 g/mol. The maximum absolute atomic E-state index is 5.79. The first-order valence-electron chi connectivity index (χ1n) is 6.96. The van der Waals surface area contributed by atoms with Gasteiger partial charge in [0, 0.05) is 17.4 Å². The number of hydrogen-bond donors (Lipinski definition) is 0. The SMILES string of the molecule is CCCOCCOCC(CBr)(CCC)CCC. The molecular formula is C14H29BrO2. The van der Waals surface area contributed by atoms with Crippen molar-refractivity contribution < 1.29 is 9.47 Å². The van der Waals surface area contributed by atoms with Gasteiger partial charge in [0.25, 0.3) is 0 Å². The first kappa shape index (κ1) is 17.4. The molecule has 0 atom stereocenters. The maximum atomic E-state index is 5.79. The molecule has 2 nitrogen and oxygen atoms in total. The number of alkyl halides is 1. The maximum Gasteiger partial charge on any atom is 0.0700 e. The lowest BCUT2D eigenvalue weighted by Gasteiger charge is -2.31. The normalized spacial score (nSPS) is 12.0. The van der Waals surface area contributed by atoms with E-state index in [-0.39, 0.29) is 0 Å². The van der Waals surface area contributed by atoms with Crippen molar-refractivity contribution in [3.63, 3.8) is 0 Å². The van der Waals surface area contributed by atoms with Gasteiger partial charge in [0.2, 0.25) is 0 Å². The van der Waals surface area contributed by atoms with E-state index in [4.69, 9.17) is 9.47 Å². The van der Waals surface area contributed by atoms with Crippen LogP contribution in [0, 0.1) is 5.41 Å². The Bertz CT molecular complexity index is 156. The van der Waals surface area contributed by atoms with Gasteiger partial charge in [-0.3, -0.25) is 0 Å². The molecule has 0 N–H and O–H groups in total. The van der Waals surface area contributed by atoms with E-state index in [1.54, 1.807) is 0 Å². The minimum Gasteiger partial charge on any atom is -0.379 e. The standard InChI is InChI=1S/C14H29BrO2/c1-4-7-14(12-15,8-5-2)13-17-11-10-16-9-6-3/h4-13H2,1-3H3. The summed E-state index contributed by atoms with van der Waals surface area (Å²) in [7, 11) is 0. The minimum absolute atomic E-state index is 0.328. The van der Waals surface area contributed by atoms with Crippen LogP contribution in [-0.4, -0.2) is 31.8 Å². The topological polar surface area (TPSA) is 18.5 Å². The zero-order chi connectivity index (χ0) is 13.0. The van der Waals surface area contributed by atoms with Gasteiger partial charge in [-0.15, -0.1) is 0 Å². The molecule has 0 aromatic carbocycles. The van der Waals surface area contributed by atoms with Gasteiger partial charge in [0.1, 0.15) is 0 Å². The molecule has 0 aliphatic carbocycles. The Balaban J connectivity index is 3.82. The Hall–Kier alpha value is 0.400. The van der Waals surface area contributed by atoms with E-state index in [9.17, 15) is 0 Å². The van der Waals surface area contributed by atoms with Gasteiger partial charge >= 0.3 is 0 Å². The van der Waals surface area contributed by atoms with E-state index < -0.39 is 0 Å². The van der Waals surface area contributed by atoms with E-state index in [2.05, 4.69) is 36.7 Å². The summed E-state index contributed by atoms with van der Waals surface area (Å²) >= 11 is 3.66. The summed E-state index contributed by atoms with van der Waals surface area (Å²) in [6, 6.07) is 0. The molecule has 0 saturated heterocycles. The summed E-state index contributed by atoms with van der Waals surface area (Å²) in [5.41, 5.74) is 0.328. The van der Waals surface area contributed by atoms with Crippen molar-refractivity contribution in [3.8, 4) is 0 Å². The molecule has 104 valence electrons. The van der Waals surface area contributed by atoms with Crippen LogP contribution in [0.4, 0.5) is 0 Å². The summed E-state index contributed by atoms with van der Waals surface area (Å²) in [5.74, 6) is 0. The molecule has 3 heteroatoms. The minimum atomic E-state index is 0.328. The molecule has 0 radical (unpaired) electrons. The highest BCUT2D eigenvalue weighted by molar-refractivity contribution is 9.09. The molecule has 0 aliphatic rings. The molecule has 0 heterocycles. The van der Waals surface area contributed by atoms with Crippen LogP contribution in [0.25, 0.3) is 0 Å². The van der Waals surface area contributed by atoms with Crippen molar-refractivity contribution in [1.29, 1.82) is 0 Å². The highest BCUT2D eigenvalue weighted by Crippen LogP contribution is 2.32. The molecule has 0 saturated carbocycles. The summed E-state index contributed by atoms with van der Waals surface area (Å²) in [4.78, 5) is 0. The predicted molar refractivity (Wildman–Crippen MR) is 78.0 cm³/mol. The van der Waals surface area contributed by atoms with Crippen molar-refractivity contribution in [2.24, 2.45) is 5.41 Å². The Labute approximate surface area is 116 Å². The molecule has 0 bridgehead atoms. The van der Waals surface area contributed by atoms with Gasteiger partial charge in [-0.25, -0.2) is 0 Å². The largest absolute Gasteiger partial charge is 0.379 e. The molecule has 17 heavy (non-hydrogen) atoms. The van der Waals surface area contributed by atoms with Crippen LogP contribution in [0.2, 0.25) is 0 Å². The number of halogens is 1. The fourth-order valence-electron chi connectivity index (χ4n) is 2.16. The van der Waals surface area contributed by atoms with Gasteiger partial charge < -0.3 is 9.47 Å². The number of ether oxygens (including phenoxy) is 2. The van der Waals surface area contributed by atoms with Crippen LogP contribution in [0.5, 0.6) is 0 Å². The quantitative estimate of drug-likeness (QED) is 0.393. The van der Waals surface area contributed by atoms with Gasteiger partial charge in [-0.2, -0.15) is 0 Å². The molecule has 0 aromatic heterocycles. The van der Waals surface area contributed by atoms with Gasteiger partial charge in [0.05, 0.1) is 19.8 Å². The van der Waals surface area contributed by atoms with Crippen molar-refractivity contribution >= 4 is 15.9 Å². The molecule has 0 aromatic rings. The lowest BCUT2D eigenvalue weighted by Crippen LogP contribution is -2.29. The van der Waals surface area contributed by atoms with Crippen LogP contribution < -0.4 is 0 Å². The van der Waals surface area contributed by atoms with E-state index in [0.29, 0.717) is 5.41 Å². The first-order chi connectivity index (χ1) is 8.24. The molecule has 0 unspecified atom stereocenters. The van der Waals surface area contributed by atoms with Gasteiger partial charge in [-0.1, -0.05) is 49.5 Å². The van der Waals surface area contributed by atoms with E-state index in [0.717, 1.165) is 38.2 Å². The third-order valence-corrected chi connectivity index (χ3v) is 4.16. The molecule has 0 rings (SSSR count). The van der Waals surface area contributed by atoms with Crippen molar-refractivity contribution in [2.75, 3.05) is 31.8 Å². The molecular weight excluding hydrogens is 280 g/mol. The number of hydrogen-bond acceptors (Lipinski definition) is 2. The average Bonchev–Trinajstić information content (AvgIpc) is 2.34. The van der Waals surface area contributed by atoms with E-state index in [1.807, 2.05) is 0 Å². The van der Waals surface area contributed by atoms with Crippen molar-refractivity contribution in [1.82, 2.24) is 0 Å². The Morgan fingerprint density at radius 2 is 1.41 bits per heavy atom. The summed E-state index contributed by atoms with van der Waals surface area (Å²) in [5, 5.41) is 1.04. The van der Waals surface area contributed by atoms with Gasteiger partial charge in [0.15, 0.2) is 0 Å². The van der Waals surface area contributed by atoms with Crippen molar-refractivity contribution in [3.05, 3.63) is 0 Å². The molecule has 0 spiro atoms. The van der Waals surface area contributed by atoms with Crippen LogP contribution in [0.1, 0.15) is 52.9 Å². The first-order valence-corrected chi connectivity index (χ1v) is 8.08. The second kappa shape index (κ2) is 11.5.